The second-order valence-corrected chi connectivity index (χ2v) is 3.34. The Hall–Kier alpha value is -1.75. The van der Waals surface area contributed by atoms with Gasteiger partial charge < -0.3 is 35.4 Å². The first-order valence-corrected chi connectivity index (χ1v) is 5.16. The number of aliphatic hydroxyl groups is 3. The van der Waals surface area contributed by atoms with E-state index in [0.29, 0.717) is 0 Å². The standard InChI is InChI=1S/C4H8O4.3C2H4O2/c5-2-1-8-4(7)3(2)6;3*1-2(3)4/h2-7H,1H2;3*1H3,(H,3,4). The van der Waals surface area contributed by atoms with Crippen LogP contribution in [0.25, 0.3) is 0 Å². The molecule has 10 nitrogen and oxygen atoms in total. The first-order chi connectivity index (χ1) is 8.91. The van der Waals surface area contributed by atoms with E-state index in [1.165, 1.54) is 0 Å². The van der Waals surface area contributed by atoms with Gasteiger partial charge in [0.05, 0.1) is 6.61 Å². The van der Waals surface area contributed by atoms with Crippen LogP contribution in [-0.2, 0) is 19.1 Å². The van der Waals surface area contributed by atoms with Gasteiger partial charge in [-0.1, -0.05) is 0 Å². The summed E-state index contributed by atoms with van der Waals surface area (Å²) in [5.74, 6) is -2.50. The molecule has 6 N–H and O–H groups in total. The Balaban J connectivity index is -0.000000209. The highest BCUT2D eigenvalue weighted by Crippen LogP contribution is 2.10. The van der Waals surface area contributed by atoms with Crippen LogP contribution in [0.5, 0.6) is 0 Å². The molecule has 0 aromatic heterocycles. The normalized spacial score (nSPS) is 22.8. The highest BCUT2D eigenvalue weighted by atomic mass is 16.6. The summed E-state index contributed by atoms with van der Waals surface area (Å²) in [4.78, 5) is 27.0. The molecule has 1 aliphatic rings. The van der Waals surface area contributed by atoms with Crippen molar-refractivity contribution in [3.05, 3.63) is 0 Å². The Bertz CT molecular complexity index is 239. The number of carboxylic acid groups (broad SMARTS) is 3. The molecule has 0 bridgehead atoms. The monoisotopic (exact) mass is 300 g/mol. The zero-order chi connectivity index (χ0) is 16.9. The Morgan fingerprint density at radius 2 is 1.10 bits per heavy atom. The molecule has 1 aliphatic heterocycles. The fourth-order valence-electron chi connectivity index (χ4n) is 0.584. The fourth-order valence-corrected chi connectivity index (χ4v) is 0.584. The molecule has 0 aromatic carbocycles. The largest absolute Gasteiger partial charge is 0.481 e. The minimum Gasteiger partial charge on any atom is -0.481 e. The maximum Gasteiger partial charge on any atom is 0.300 e. The molecule has 1 rings (SSSR count). The molecule has 0 spiro atoms. The first-order valence-electron chi connectivity index (χ1n) is 5.16. The van der Waals surface area contributed by atoms with Gasteiger partial charge in [0.2, 0.25) is 0 Å². The summed E-state index contributed by atoms with van der Waals surface area (Å²) in [7, 11) is 0. The molecule has 1 heterocycles. The number of carboxylic acids is 3. The minimum atomic E-state index is -1.20. The van der Waals surface area contributed by atoms with E-state index in [0.717, 1.165) is 20.8 Å². The number of aliphatic hydroxyl groups excluding tert-OH is 3. The summed E-state index contributed by atoms with van der Waals surface area (Å²) in [6.07, 6.45) is -3.26. The average Bonchev–Trinajstić information content (AvgIpc) is 2.47. The molecule has 3 unspecified atom stereocenters. The minimum absolute atomic E-state index is 0.0162. The molecule has 20 heavy (non-hydrogen) atoms. The molecule has 10 heteroatoms. The summed E-state index contributed by atoms with van der Waals surface area (Å²) in [6.45, 7) is 3.27. The number of rotatable bonds is 0. The SMILES string of the molecule is CC(=O)O.CC(=O)O.CC(=O)O.OC1COC(O)C1O. The third kappa shape index (κ3) is 29.9. The quantitative estimate of drug-likeness (QED) is 0.302. The van der Waals surface area contributed by atoms with E-state index in [-0.39, 0.29) is 6.61 Å². The molecular formula is C10H20O10. The summed E-state index contributed by atoms with van der Waals surface area (Å²) < 4.78 is 4.43. The van der Waals surface area contributed by atoms with Gasteiger partial charge in [-0.2, -0.15) is 0 Å². The third-order valence-corrected chi connectivity index (χ3v) is 1.12. The Labute approximate surface area is 114 Å². The summed E-state index contributed by atoms with van der Waals surface area (Å²) >= 11 is 0. The van der Waals surface area contributed by atoms with Crippen molar-refractivity contribution in [3.63, 3.8) is 0 Å². The van der Waals surface area contributed by atoms with Crippen LogP contribution in [0, 0.1) is 0 Å². The molecule has 0 saturated carbocycles. The molecule has 0 aliphatic carbocycles. The van der Waals surface area contributed by atoms with E-state index in [9.17, 15) is 0 Å². The summed E-state index contributed by atoms with van der Waals surface area (Å²) in [6, 6.07) is 0. The maximum atomic E-state index is 9.00. The van der Waals surface area contributed by atoms with Crippen LogP contribution in [0.1, 0.15) is 20.8 Å². The van der Waals surface area contributed by atoms with Gasteiger partial charge in [0.25, 0.3) is 17.9 Å². The maximum absolute atomic E-state index is 9.00. The second-order valence-electron chi connectivity index (χ2n) is 3.34. The number of hydrogen-bond acceptors (Lipinski definition) is 7. The van der Waals surface area contributed by atoms with E-state index in [2.05, 4.69) is 4.74 Å². The lowest BCUT2D eigenvalue weighted by Crippen LogP contribution is -2.29. The van der Waals surface area contributed by atoms with Gasteiger partial charge in [-0.25, -0.2) is 0 Å². The van der Waals surface area contributed by atoms with E-state index >= 15 is 0 Å². The topological polar surface area (TPSA) is 182 Å². The predicted octanol–water partition coefficient (Wildman–Crippen LogP) is -1.67. The summed E-state index contributed by atoms with van der Waals surface area (Å²) in [5.41, 5.74) is 0. The number of hydrogen-bond donors (Lipinski definition) is 6. The van der Waals surface area contributed by atoms with Gasteiger partial charge in [-0.3, -0.25) is 14.4 Å². The van der Waals surface area contributed by atoms with Gasteiger partial charge >= 0.3 is 0 Å². The predicted molar refractivity (Wildman–Crippen MR) is 63.9 cm³/mol. The Kier molecular flexibility index (Phi) is 16.0. The van der Waals surface area contributed by atoms with Crippen LogP contribution < -0.4 is 0 Å². The smallest absolute Gasteiger partial charge is 0.300 e. The van der Waals surface area contributed by atoms with Crippen LogP contribution in [0.2, 0.25) is 0 Å². The van der Waals surface area contributed by atoms with Crippen molar-refractivity contribution < 1.29 is 49.8 Å². The lowest BCUT2D eigenvalue weighted by molar-refractivity contribution is -0.135. The van der Waals surface area contributed by atoms with Gasteiger partial charge in [-0.15, -0.1) is 0 Å². The lowest BCUT2D eigenvalue weighted by atomic mass is 10.2. The summed E-state index contributed by atoms with van der Waals surface area (Å²) in [5, 5.41) is 48.1. The second kappa shape index (κ2) is 13.7. The first kappa shape index (κ1) is 23.4. The highest BCUT2D eigenvalue weighted by Gasteiger charge is 2.32. The van der Waals surface area contributed by atoms with Gasteiger partial charge in [0.15, 0.2) is 6.29 Å². The van der Waals surface area contributed by atoms with Crippen molar-refractivity contribution in [2.45, 2.75) is 39.3 Å². The van der Waals surface area contributed by atoms with Crippen LogP contribution in [0.15, 0.2) is 0 Å². The average molecular weight is 300 g/mol. The molecule has 0 amide bonds. The van der Waals surface area contributed by atoms with E-state index in [1.54, 1.807) is 0 Å². The number of ether oxygens (including phenoxy) is 1. The molecule has 1 fully saturated rings. The Morgan fingerprint density at radius 1 is 0.850 bits per heavy atom. The lowest BCUT2D eigenvalue weighted by Gasteiger charge is -2.06. The Morgan fingerprint density at radius 3 is 1.15 bits per heavy atom. The number of carbonyl (C=O) groups is 3. The van der Waals surface area contributed by atoms with E-state index in [4.69, 9.17) is 45.0 Å². The van der Waals surface area contributed by atoms with Crippen molar-refractivity contribution in [3.8, 4) is 0 Å². The highest BCUT2D eigenvalue weighted by molar-refractivity contribution is 5.63. The van der Waals surface area contributed by atoms with Crippen molar-refractivity contribution in [1.82, 2.24) is 0 Å². The third-order valence-electron chi connectivity index (χ3n) is 1.12. The van der Waals surface area contributed by atoms with E-state index < -0.39 is 36.4 Å². The van der Waals surface area contributed by atoms with Crippen LogP contribution in [0.4, 0.5) is 0 Å². The molecule has 120 valence electrons. The van der Waals surface area contributed by atoms with Crippen molar-refractivity contribution >= 4 is 17.9 Å². The van der Waals surface area contributed by atoms with Crippen molar-refractivity contribution in [1.29, 1.82) is 0 Å². The molecule has 0 aromatic rings. The van der Waals surface area contributed by atoms with Crippen LogP contribution in [0.3, 0.4) is 0 Å². The van der Waals surface area contributed by atoms with E-state index in [1.807, 2.05) is 0 Å². The molecule has 1 saturated heterocycles. The van der Waals surface area contributed by atoms with Crippen LogP contribution >= 0.6 is 0 Å². The van der Waals surface area contributed by atoms with Gasteiger partial charge in [0.1, 0.15) is 12.2 Å². The number of aliphatic carboxylic acids is 3. The van der Waals surface area contributed by atoms with Gasteiger partial charge in [0, 0.05) is 20.8 Å². The van der Waals surface area contributed by atoms with Gasteiger partial charge in [-0.05, 0) is 0 Å². The molecule has 3 atom stereocenters. The molecule has 0 radical (unpaired) electrons. The zero-order valence-corrected chi connectivity index (χ0v) is 11.3. The van der Waals surface area contributed by atoms with Crippen molar-refractivity contribution in [2.24, 2.45) is 0 Å². The molecular weight excluding hydrogens is 280 g/mol. The fraction of sp³-hybridized carbons (Fsp3) is 0.700. The van der Waals surface area contributed by atoms with Crippen molar-refractivity contribution in [2.75, 3.05) is 6.61 Å². The zero-order valence-electron chi connectivity index (χ0n) is 11.3. The van der Waals surface area contributed by atoms with Crippen LogP contribution in [-0.4, -0.2) is 73.7 Å².